The summed E-state index contributed by atoms with van der Waals surface area (Å²) in [5.74, 6) is 0. The Bertz CT molecular complexity index is 553. The van der Waals surface area contributed by atoms with E-state index in [1.54, 1.807) is 0 Å². The molecule has 0 radical (unpaired) electrons. The average Bonchev–Trinajstić information content (AvgIpc) is 2.48. The molecule has 0 aliphatic rings. The zero-order valence-corrected chi connectivity index (χ0v) is 11.3. The molecule has 2 aromatic rings. The van der Waals surface area contributed by atoms with Gasteiger partial charge in [0.1, 0.15) is 6.29 Å². The first-order chi connectivity index (χ1) is 9.97. The molecule has 0 bridgehead atoms. The van der Waals surface area contributed by atoms with Gasteiger partial charge in [-0.15, -0.1) is 0 Å². The summed E-state index contributed by atoms with van der Waals surface area (Å²) in [7, 11) is 0. The molecule has 2 aromatic carbocycles. The van der Waals surface area contributed by atoms with Crippen LogP contribution >= 0.6 is 0 Å². The van der Waals surface area contributed by atoms with E-state index in [-0.39, 0.29) is 5.56 Å². The van der Waals surface area contributed by atoms with Crippen molar-refractivity contribution in [2.24, 2.45) is 5.73 Å². The standard InChI is InChI=1S/C8H5F3O.C8H11N/c9-8(10,11)7-3-1-2-6(4-7)5-12;9-7-6-8-4-2-1-3-5-8/h1-5H;1-5H,6-7,9H2. The molecule has 0 heterocycles. The van der Waals surface area contributed by atoms with Crippen LogP contribution in [0.25, 0.3) is 0 Å². The minimum Gasteiger partial charge on any atom is -0.330 e. The van der Waals surface area contributed by atoms with E-state index >= 15 is 0 Å². The van der Waals surface area contributed by atoms with Gasteiger partial charge in [-0.1, -0.05) is 42.5 Å². The molecule has 2 nitrogen and oxygen atoms in total. The van der Waals surface area contributed by atoms with Crippen molar-refractivity contribution in [3.05, 3.63) is 71.3 Å². The van der Waals surface area contributed by atoms with Gasteiger partial charge in [-0.05, 0) is 30.7 Å². The third-order valence-corrected chi connectivity index (χ3v) is 2.63. The Morgan fingerprint density at radius 1 is 1.00 bits per heavy atom. The normalized spacial score (nSPS) is 10.5. The maximum absolute atomic E-state index is 12.0. The van der Waals surface area contributed by atoms with Gasteiger partial charge in [0.25, 0.3) is 0 Å². The van der Waals surface area contributed by atoms with Crippen LogP contribution in [0.1, 0.15) is 21.5 Å². The van der Waals surface area contributed by atoms with Crippen LogP contribution in [0.5, 0.6) is 0 Å². The average molecular weight is 295 g/mol. The van der Waals surface area contributed by atoms with Gasteiger partial charge in [0.15, 0.2) is 0 Å². The molecule has 5 heteroatoms. The number of halogens is 3. The molecule has 0 aliphatic carbocycles. The van der Waals surface area contributed by atoms with E-state index in [0.29, 0.717) is 6.29 Å². The largest absolute Gasteiger partial charge is 0.416 e. The summed E-state index contributed by atoms with van der Waals surface area (Å²) < 4.78 is 36.0. The zero-order chi connectivity index (χ0) is 15.7. The molecule has 0 aromatic heterocycles. The minimum atomic E-state index is -4.38. The Morgan fingerprint density at radius 2 is 1.67 bits per heavy atom. The number of aldehydes is 1. The summed E-state index contributed by atoms with van der Waals surface area (Å²) in [5.41, 5.74) is 5.91. The van der Waals surface area contributed by atoms with Crippen LogP contribution in [0, 0.1) is 0 Å². The number of hydrogen-bond donors (Lipinski definition) is 1. The fourth-order valence-corrected chi connectivity index (χ4v) is 1.60. The fraction of sp³-hybridized carbons (Fsp3) is 0.188. The van der Waals surface area contributed by atoms with E-state index < -0.39 is 11.7 Å². The Kier molecular flexibility index (Phi) is 6.62. The van der Waals surface area contributed by atoms with Crippen LogP contribution in [-0.2, 0) is 12.6 Å². The second-order valence-electron chi connectivity index (χ2n) is 4.27. The van der Waals surface area contributed by atoms with Crippen molar-refractivity contribution in [2.75, 3.05) is 6.54 Å². The summed E-state index contributed by atoms with van der Waals surface area (Å²) in [4.78, 5) is 10.1. The molecule has 0 aliphatic heterocycles. The lowest BCUT2D eigenvalue weighted by Gasteiger charge is -2.05. The Labute approximate surface area is 121 Å². The highest BCUT2D eigenvalue weighted by Crippen LogP contribution is 2.29. The van der Waals surface area contributed by atoms with Crippen molar-refractivity contribution in [2.45, 2.75) is 12.6 Å². The van der Waals surface area contributed by atoms with Gasteiger partial charge < -0.3 is 5.73 Å². The minimum absolute atomic E-state index is 0.0322. The molecule has 0 amide bonds. The van der Waals surface area contributed by atoms with Crippen molar-refractivity contribution in [1.29, 1.82) is 0 Å². The maximum Gasteiger partial charge on any atom is 0.416 e. The van der Waals surface area contributed by atoms with E-state index in [1.807, 2.05) is 18.2 Å². The maximum atomic E-state index is 12.0. The molecule has 112 valence electrons. The third kappa shape index (κ3) is 6.23. The number of alkyl halides is 3. The van der Waals surface area contributed by atoms with Gasteiger partial charge in [0.05, 0.1) is 5.56 Å². The smallest absolute Gasteiger partial charge is 0.330 e. The first-order valence-electron chi connectivity index (χ1n) is 6.34. The number of hydrogen-bond acceptors (Lipinski definition) is 2. The highest BCUT2D eigenvalue weighted by molar-refractivity contribution is 5.74. The summed E-state index contributed by atoms with van der Waals surface area (Å²) in [6.45, 7) is 0.740. The van der Waals surface area contributed by atoms with E-state index in [9.17, 15) is 18.0 Å². The van der Waals surface area contributed by atoms with Gasteiger partial charge in [0.2, 0.25) is 0 Å². The van der Waals surface area contributed by atoms with Crippen molar-refractivity contribution >= 4 is 6.29 Å². The Morgan fingerprint density at radius 3 is 2.19 bits per heavy atom. The predicted octanol–water partition coefficient (Wildman–Crippen LogP) is 3.71. The van der Waals surface area contributed by atoms with Crippen LogP contribution in [0.2, 0.25) is 0 Å². The number of rotatable bonds is 3. The van der Waals surface area contributed by atoms with Crippen molar-refractivity contribution < 1.29 is 18.0 Å². The van der Waals surface area contributed by atoms with Crippen molar-refractivity contribution in [3.8, 4) is 0 Å². The molecule has 2 N–H and O–H groups in total. The van der Waals surface area contributed by atoms with Crippen molar-refractivity contribution in [1.82, 2.24) is 0 Å². The van der Waals surface area contributed by atoms with Crippen LogP contribution < -0.4 is 5.73 Å². The van der Waals surface area contributed by atoms with E-state index in [4.69, 9.17) is 5.73 Å². The fourth-order valence-electron chi connectivity index (χ4n) is 1.60. The van der Waals surface area contributed by atoms with Crippen LogP contribution in [0.4, 0.5) is 13.2 Å². The monoisotopic (exact) mass is 295 g/mol. The van der Waals surface area contributed by atoms with Crippen LogP contribution in [0.3, 0.4) is 0 Å². The lowest BCUT2D eigenvalue weighted by molar-refractivity contribution is -0.137. The third-order valence-electron chi connectivity index (χ3n) is 2.63. The summed E-state index contributed by atoms with van der Waals surface area (Å²) in [5, 5.41) is 0. The topological polar surface area (TPSA) is 43.1 Å². The van der Waals surface area contributed by atoms with E-state index in [0.717, 1.165) is 25.1 Å². The number of carbonyl (C=O) groups is 1. The number of carbonyl (C=O) groups excluding carboxylic acids is 1. The van der Waals surface area contributed by atoms with E-state index in [1.165, 1.54) is 17.7 Å². The molecular formula is C16H16F3NO. The molecule has 2 rings (SSSR count). The van der Waals surface area contributed by atoms with Gasteiger partial charge in [0, 0.05) is 5.56 Å². The number of nitrogens with two attached hydrogens (primary N) is 1. The first kappa shape index (κ1) is 16.9. The molecule has 21 heavy (non-hydrogen) atoms. The van der Waals surface area contributed by atoms with Gasteiger partial charge in [-0.3, -0.25) is 4.79 Å². The predicted molar refractivity (Wildman–Crippen MR) is 76.0 cm³/mol. The Hall–Kier alpha value is -2.14. The van der Waals surface area contributed by atoms with Crippen LogP contribution in [-0.4, -0.2) is 12.8 Å². The Balaban J connectivity index is 0.000000219. The molecule has 0 spiro atoms. The van der Waals surface area contributed by atoms with Gasteiger partial charge >= 0.3 is 6.18 Å². The molecule has 0 fully saturated rings. The van der Waals surface area contributed by atoms with E-state index in [2.05, 4.69) is 12.1 Å². The van der Waals surface area contributed by atoms with Gasteiger partial charge in [-0.2, -0.15) is 13.2 Å². The lowest BCUT2D eigenvalue weighted by atomic mass is 10.1. The van der Waals surface area contributed by atoms with Crippen molar-refractivity contribution in [3.63, 3.8) is 0 Å². The molecule has 0 saturated heterocycles. The first-order valence-corrected chi connectivity index (χ1v) is 6.34. The zero-order valence-electron chi connectivity index (χ0n) is 11.3. The molecule has 0 unspecified atom stereocenters. The second-order valence-corrected chi connectivity index (χ2v) is 4.27. The molecular weight excluding hydrogens is 279 g/mol. The molecule has 0 saturated carbocycles. The quantitative estimate of drug-likeness (QED) is 0.877. The lowest BCUT2D eigenvalue weighted by Crippen LogP contribution is -2.04. The second kappa shape index (κ2) is 8.21. The number of benzene rings is 2. The molecule has 0 atom stereocenters. The summed E-state index contributed by atoms with van der Waals surface area (Å²) >= 11 is 0. The SMILES string of the molecule is NCCc1ccccc1.O=Cc1cccc(C(F)(F)F)c1. The van der Waals surface area contributed by atoms with Crippen LogP contribution in [0.15, 0.2) is 54.6 Å². The van der Waals surface area contributed by atoms with Gasteiger partial charge in [-0.25, -0.2) is 0 Å². The summed E-state index contributed by atoms with van der Waals surface area (Å²) in [6, 6.07) is 14.5. The highest BCUT2D eigenvalue weighted by atomic mass is 19.4. The highest BCUT2D eigenvalue weighted by Gasteiger charge is 2.30. The summed E-state index contributed by atoms with van der Waals surface area (Å²) in [6.07, 6.45) is -3.00.